The molecule has 2 bridgehead atoms. The Bertz CT molecular complexity index is 1160. The maximum atomic E-state index is 15.0. The molecular weight excluding hydrogens is 449 g/mol. The van der Waals surface area contributed by atoms with E-state index in [9.17, 15) is 19.2 Å². The largest absolute Gasteiger partial charge is 0.444 e. The molecule has 1 saturated carbocycles. The van der Waals surface area contributed by atoms with Gasteiger partial charge in [0, 0.05) is 25.1 Å². The predicted octanol–water partition coefficient (Wildman–Crippen LogP) is 3.87. The van der Waals surface area contributed by atoms with E-state index >= 15 is 0 Å². The minimum atomic E-state index is -0.930. The minimum Gasteiger partial charge on any atom is -0.444 e. The Kier molecular flexibility index (Phi) is 6.58. The zero-order chi connectivity index (χ0) is 25.5. The van der Waals surface area contributed by atoms with E-state index in [0.717, 1.165) is 30.5 Å². The molecule has 2 heterocycles. The van der Waals surface area contributed by atoms with Crippen LogP contribution in [0.4, 0.5) is 9.18 Å². The van der Waals surface area contributed by atoms with Crippen LogP contribution in [0.25, 0.3) is 11.3 Å². The summed E-state index contributed by atoms with van der Waals surface area (Å²) in [5, 5.41) is 16.6. The first-order valence-electron chi connectivity index (χ1n) is 12.0. The Morgan fingerprint density at radius 1 is 1.34 bits per heavy atom. The van der Waals surface area contributed by atoms with Gasteiger partial charge in [0.05, 0.1) is 18.0 Å². The molecule has 1 aliphatic heterocycles. The number of carbonyl (C=O) groups is 2. The second-order valence-corrected chi connectivity index (χ2v) is 10.6. The highest BCUT2D eigenvalue weighted by atomic mass is 19.1. The van der Waals surface area contributed by atoms with Crippen molar-refractivity contribution < 1.29 is 18.7 Å². The molecule has 1 aromatic carbocycles. The van der Waals surface area contributed by atoms with Crippen molar-refractivity contribution in [3.8, 4) is 17.3 Å². The summed E-state index contributed by atoms with van der Waals surface area (Å²) in [6, 6.07) is 5.28. The minimum absolute atomic E-state index is 0.0198. The summed E-state index contributed by atoms with van der Waals surface area (Å²) >= 11 is 0. The van der Waals surface area contributed by atoms with E-state index in [1.165, 1.54) is 11.0 Å². The number of hydrogen-bond donors (Lipinski definition) is 1. The Labute approximate surface area is 205 Å². The van der Waals surface area contributed by atoms with Crippen LogP contribution in [0.3, 0.4) is 0 Å². The second-order valence-electron chi connectivity index (χ2n) is 10.6. The van der Waals surface area contributed by atoms with E-state index in [2.05, 4.69) is 16.5 Å². The summed E-state index contributed by atoms with van der Waals surface area (Å²) in [4.78, 5) is 27.6. The van der Waals surface area contributed by atoms with Crippen molar-refractivity contribution in [2.45, 2.75) is 77.1 Å². The number of fused-ring (bicyclic) bond motifs is 2. The third kappa shape index (κ3) is 5.02. The molecule has 4 atom stereocenters. The molecule has 2 amide bonds. The van der Waals surface area contributed by atoms with Gasteiger partial charge in [-0.05, 0) is 70.1 Å². The van der Waals surface area contributed by atoms with Gasteiger partial charge in [0.25, 0.3) is 0 Å². The molecule has 186 valence electrons. The quantitative estimate of drug-likeness (QED) is 0.699. The highest BCUT2D eigenvalue weighted by Crippen LogP contribution is 2.43. The molecule has 2 fully saturated rings. The van der Waals surface area contributed by atoms with Crippen molar-refractivity contribution in [1.29, 1.82) is 5.26 Å². The number of likely N-dealkylation sites (tertiary alicyclic amines) is 1. The molecule has 0 radical (unpaired) electrons. The molecule has 4 rings (SSSR count). The Hall–Kier alpha value is -3.41. The maximum Gasteiger partial charge on any atom is 0.411 e. The molecule has 1 saturated heterocycles. The lowest BCUT2D eigenvalue weighted by atomic mass is 9.97. The zero-order valence-electron chi connectivity index (χ0n) is 20.8. The van der Waals surface area contributed by atoms with Crippen LogP contribution in [-0.4, -0.2) is 50.4 Å². The molecule has 2 aromatic rings. The van der Waals surface area contributed by atoms with Gasteiger partial charge in [0.15, 0.2) is 0 Å². The van der Waals surface area contributed by atoms with Gasteiger partial charge in [-0.15, -0.1) is 0 Å². The molecule has 1 aromatic heterocycles. The van der Waals surface area contributed by atoms with E-state index in [4.69, 9.17) is 4.74 Å². The van der Waals surface area contributed by atoms with Crippen molar-refractivity contribution in [1.82, 2.24) is 20.0 Å². The molecule has 35 heavy (non-hydrogen) atoms. The molecule has 0 spiro atoms. The van der Waals surface area contributed by atoms with E-state index in [1.807, 2.05) is 6.92 Å². The number of aromatic nitrogens is 2. The van der Waals surface area contributed by atoms with Crippen LogP contribution in [-0.2, 0) is 23.0 Å². The second kappa shape index (κ2) is 9.33. The van der Waals surface area contributed by atoms with Gasteiger partial charge in [-0.2, -0.15) is 10.4 Å². The monoisotopic (exact) mass is 481 g/mol. The third-order valence-corrected chi connectivity index (χ3v) is 6.80. The van der Waals surface area contributed by atoms with E-state index in [-0.39, 0.29) is 18.4 Å². The molecule has 2 aliphatic rings. The number of aryl methyl sites for hydroxylation is 2. The third-order valence-electron chi connectivity index (χ3n) is 6.80. The lowest BCUT2D eigenvalue weighted by Gasteiger charge is -2.35. The standard InChI is InChI=1S/C26H32FN5O3/c1-15-14-29-31(5)22(15)18-7-6-16(21(27)12-18)10-19(13-28)30-24(33)23-17-8-9-20(11-17)32(23)25(34)35-26(2,3)4/h6-7,12,14,17,19-20,23H,8-11H2,1-5H3,(H,30,33)/t17-,19-,20+,23-/m0/s1. The van der Waals surface area contributed by atoms with Crippen molar-refractivity contribution in [2.75, 3.05) is 0 Å². The van der Waals surface area contributed by atoms with Gasteiger partial charge in [-0.25, -0.2) is 9.18 Å². The fourth-order valence-corrected chi connectivity index (χ4v) is 5.33. The van der Waals surface area contributed by atoms with Gasteiger partial charge in [0.1, 0.15) is 23.5 Å². The Morgan fingerprint density at radius 2 is 2.09 bits per heavy atom. The highest BCUT2D eigenvalue weighted by molar-refractivity contribution is 5.87. The first-order chi connectivity index (χ1) is 16.5. The van der Waals surface area contributed by atoms with Crippen LogP contribution in [0.2, 0.25) is 0 Å². The lowest BCUT2D eigenvalue weighted by molar-refractivity contribution is -0.128. The van der Waals surface area contributed by atoms with Crippen LogP contribution in [0.15, 0.2) is 24.4 Å². The zero-order valence-corrected chi connectivity index (χ0v) is 20.8. The number of hydrogen-bond acceptors (Lipinski definition) is 5. The van der Waals surface area contributed by atoms with Gasteiger partial charge >= 0.3 is 6.09 Å². The number of halogens is 1. The number of carbonyl (C=O) groups excluding carboxylic acids is 2. The fourth-order valence-electron chi connectivity index (χ4n) is 5.33. The number of rotatable bonds is 5. The van der Waals surface area contributed by atoms with E-state index in [1.54, 1.807) is 50.8 Å². The highest BCUT2D eigenvalue weighted by Gasteiger charge is 2.52. The van der Waals surface area contributed by atoms with Gasteiger partial charge < -0.3 is 10.1 Å². The normalized spacial score (nSPS) is 22.1. The predicted molar refractivity (Wildman–Crippen MR) is 128 cm³/mol. The van der Waals surface area contributed by atoms with Crippen LogP contribution in [0.5, 0.6) is 0 Å². The van der Waals surface area contributed by atoms with Gasteiger partial charge in [0.2, 0.25) is 5.91 Å². The summed E-state index contributed by atoms with van der Waals surface area (Å²) in [6.07, 6.45) is 3.67. The Balaban J connectivity index is 1.47. The SMILES string of the molecule is Cc1cnn(C)c1-c1ccc(C[C@@H](C#N)NC(=O)[C@@H]2[C@H]3CC[C@H](C3)N2C(=O)OC(C)(C)C)c(F)c1. The molecule has 8 nitrogen and oxygen atoms in total. The first kappa shape index (κ1) is 24.7. The topological polar surface area (TPSA) is 100 Å². The molecular formula is C26H32FN5O3. The average Bonchev–Trinajstić information content (AvgIpc) is 3.48. The van der Waals surface area contributed by atoms with Crippen LogP contribution in [0, 0.1) is 30.0 Å². The van der Waals surface area contributed by atoms with Crippen molar-refractivity contribution in [2.24, 2.45) is 13.0 Å². The molecule has 9 heteroatoms. The van der Waals surface area contributed by atoms with Crippen molar-refractivity contribution in [3.63, 3.8) is 0 Å². The molecule has 1 N–H and O–H groups in total. The summed E-state index contributed by atoms with van der Waals surface area (Å²) in [6.45, 7) is 7.27. The fraction of sp³-hybridized carbons (Fsp3) is 0.538. The van der Waals surface area contributed by atoms with Crippen molar-refractivity contribution in [3.05, 3.63) is 41.3 Å². The average molecular weight is 482 g/mol. The number of amides is 2. The molecule has 1 aliphatic carbocycles. The summed E-state index contributed by atoms with van der Waals surface area (Å²) in [7, 11) is 1.80. The number of nitrogens with one attached hydrogen (secondary N) is 1. The summed E-state index contributed by atoms with van der Waals surface area (Å²) in [5.41, 5.74) is 2.10. The van der Waals surface area contributed by atoms with Crippen LogP contribution < -0.4 is 5.32 Å². The van der Waals surface area contributed by atoms with E-state index < -0.39 is 35.5 Å². The number of nitrogens with zero attached hydrogens (tertiary/aromatic N) is 4. The Morgan fingerprint density at radius 3 is 2.69 bits per heavy atom. The number of piperidine rings is 1. The molecule has 0 unspecified atom stereocenters. The maximum absolute atomic E-state index is 15.0. The van der Waals surface area contributed by atoms with Crippen molar-refractivity contribution >= 4 is 12.0 Å². The number of ether oxygens (including phenoxy) is 1. The number of nitriles is 1. The van der Waals surface area contributed by atoms with Gasteiger partial charge in [-0.3, -0.25) is 14.4 Å². The van der Waals surface area contributed by atoms with Crippen LogP contribution in [0.1, 0.15) is 51.2 Å². The van der Waals surface area contributed by atoms with Gasteiger partial charge in [-0.1, -0.05) is 12.1 Å². The summed E-state index contributed by atoms with van der Waals surface area (Å²) in [5.74, 6) is -0.810. The van der Waals surface area contributed by atoms with E-state index in [0.29, 0.717) is 11.1 Å². The smallest absolute Gasteiger partial charge is 0.411 e. The van der Waals surface area contributed by atoms with Crippen LogP contribution >= 0.6 is 0 Å². The first-order valence-corrected chi connectivity index (χ1v) is 12.0. The summed E-state index contributed by atoms with van der Waals surface area (Å²) < 4.78 is 22.2. The lowest BCUT2D eigenvalue weighted by Crippen LogP contribution is -2.55. The number of benzene rings is 1.